The lowest BCUT2D eigenvalue weighted by Gasteiger charge is -2.36. The Morgan fingerprint density at radius 2 is 1.64 bits per heavy atom. The lowest BCUT2D eigenvalue weighted by molar-refractivity contribution is 0.162. The summed E-state index contributed by atoms with van der Waals surface area (Å²) in [5, 5.41) is 9.63. The van der Waals surface area contributed by atoms with Gasteiger partial charge in [0.05, 0.1) is 11.8 Å². The van der Waals surface area contributed by atoms with Crippen LogP contribution in [0.1, 0.15) is 56.7 Å². The highest BCUT2D eigenvalue weighted by atomic mass is 32.2. The first kappa shape index (κ1) is 19.9. The Morgan fingerprint density at radius 3 is 2.12 bits per heavy atom. The van der Waals surface area contributed by atoms with Gasteiger partial charge in [0.15, 0.2) is 0 Å². The van der Waals surface area contributed by atoms with Crippen LogP contribution < -0.4 is 0 Å². The van der Waals surface area contributed by atoms with Gasteiger partial charge in [-0.25, -0.2) is 8.42 Å². The maximum Gasteiger partial charge on any atom is 0.214 e. The van der Waals surface area contributed by atoms with Crippen molar-refractivity contribution in [1.82, 2.24) is 9.21 Å². The molecule has 1 aromatic rings. The van der Waals surface area contributed by atoms with Crippen molar-refractivity contribution >= 4 is 10.0 Å². The van der Waals surface area contributed by atoms with Crippen LogP contribution in [0, 0.1) is 11.3 Å². The van der Waals surface area contributed by atoms with Crippen LogP contribution >= 0.6 is 0 Å². The van der Waals surface area contributed by atoms with Crippen molar-refractivity contribution in [1.29, 1.82) is 5.26 Å². The van der Waals surface area contributed by atoms with E-state index < -0.39 is 10.0 Å². The van der Waals surface area contributed by atoms with Gasteiger partial charge >= 0.3 is 0 Å². The van der Waals surface area contributed by atoms with Gasteiger partial charge in [-0.05, 0) is 23.5 Å². The summed E-state index contributed by atoms with van der Waals surface area (Å²) in [4.78, 5) is 2.08. The van der Waals surface area contributed by atoms with E-state index in [-0.39, 0.29) is 11.8 Å². The van der Waals surface area contributed by atoms with Crippen molar-refractivity contribution in [2.75, 3.05) is 31.9 Å². The molecule has 0 saturated carbocycles. The molecule has 0 aliphatic carbocycles. The van der Waals surface area contributed by atoms with Crippen LogP contribution in [0.25, 0.3) is 0 Å². The summed E-state index contributed by atoms with van der Waals surface area (Å²) in [6, 6.07) is 10.3. The van der Waals surface area contributed by atoms with E-state index in [1.807, 2.05) is 19.1 Å². The number of hydrogen-bond donors (Lipinski definition) is 0. The van der Waals surface area contributed by atoms with Gasteiger partial charge in [0.1, 0.15) is 6.04 Å². The van der Waals surface area contributed by atoms with Crippen LogP contribution in [-0.2, 0) is 10.0 Å². The quantitative estimate of drug-likeness (QED) is 0.746. The Balaban J connectivity index is 2.01. The molecule has 6 heteroatoms. The molecule has 1 heterocycles. The van der Waals surface area contributed by atoms with Crippen LogP contribution in [-0.4, -0.2) is 49.6 Å². The Hall–Kier alpha value is -1.42. The van der Waals surface area contributed by atoms with Gasteiger partial charge in [-0.15, -0.1) is 0 Å². The van der Waals surface area contributed by atoms with Gasteiger partial charge < -0.3 is 0 Å². The molecule has 1 aromatic carbocycles. The summed E-state index contributed by atoms with van der Waals surface area (Å²) >= 11 is 0. The lowest BCUT2D eigenvalue weighted by atomic mass is 9.98. The molecule has 1 saturated heterocycles. The third-order valence-corrected chi connectivity index (χ3v) is 6.79. The smallest absolute Gasteiger partial charge is 0.214 e. The third kappa shape index (κ3) is 5.04. The maximum atomic E-state index is 12.3. The van der Waals surface area contributed by atoms with E-state index >= 15 is 0 Å². The van der Waals surface area contributed by atoms with E-state index in [1.54, 1.807) is 4.31 Å². The number of nitriles is 1. The van der Waals surface area contributed by atoms with E-state index in [4.69, 9.17) is 0 Å². The zero-order valence-electron chi connectivity index (χ0n) is 15.5. The topological polar surface area (TPSA) is 64.4 Å². The highest BCUT2D eigenvalue weighted by Crippen LogP contribution is 2.24. The fourth-order valence-corrected chi connectivity index (χ4v) is 4.76. The summed E-state index contributed by atoms with van der Waals surface area (Å²) in [6.07, 6.45) is 1.58. The zero-order valence-corrected chi connectivity index (χ0v) is 16.3. The van der Waals surface area contributed by atoms with Gasteiger partial charge in [0.2, 0.25) is 10.0 Å². The number of rotatable bonds is 7. The minimum absolute atomic E-state index is 0.224. The predicted octanol–water partition coefficient (Wildman–Crippen LogP) is 3.12. The second-order valence-corrected chi connectivity index (χ2v) is 9.05. The van der Waals surface area contributed by atoms with Crippen molar-refractivity contribution < 1.29 is 8.42 Å². The standard InChI is InChI=1S/C19H29N3O2S/c1-4-5-14-25(23,24)22-12-10-21(11-13-22)19(15-20)18-8-6-17(7-9-18)16(2)3/h6-9,16,19H,4-5,10-14H2,1-3H3. The number of benzene rings is 1. The Labute approximate surface area is 152 Å². The first-order chi connectivity index (χ1) is 11.9. The second-order valence-electron chi connectivity index (χ2n) is 6.96. The average Bonchev–Trinajstić information content (AvgIpc) is 2.61. The molecule has 0 aromatic heterocycles. The normalized spacial score (nSPS) is 18.2. The molecule has 0 N–H and O–H groups in total. The van der Waals surface area contributed by atoms with Crippen molar-refractivity contribution in [3.05, 3.63) is 35.4 Å². The Kier molecular flexibility index (Phi) is 7.00. The lowest BCUT2D eigenvalue weighted by Crippen LogP contribution is -2.50. The molecule has 0 amide bonds. The molecular formula is C19H29N3O2S. The summed E-state index contributed by atoms with van der Waals surface area (Å²) in [6.45, 7) is 8.41. The molecule has 1 aliphatic heterocycles. The molecule has 138 valence electrons. The van der Waals surface area contributed by atoms with Crippen molar-refractivity contribution in [2.24, 2.45) is 0 Å². The first-order valence-electron chi connectivity index (χ1n) is 9.10. The molecule has 5 nitrogen and oxygen atoms in total. The van der Waals surface area contributed by atoms with Crippen molar-refractivity contribution in [3.63, 3.8) is 0 Å². The molecule has 1 aliphatic rings. The van der Waals surface area contributed by atoms with Crippen molar-refractivity contribution in [2.45, 2.75) is 45.6 Å². The number of unbranched alkanes of at least 4 members (excludes halogenated alkanes) is 1. The minimum Gasteiger partial charge on any atom is -0.282 e. The van der Waals surface area contributed by atoms with E-state index in [0.29, 0.717) is 38.5 Å². The predicted molar refractivity (Wildman–Crippen MR) is 101 cm³/mol. The van der Waals surface area contributed by atoms with Gasteiger partial charge in [0.25, 0.3) is 0 Å². The number of hydrogen-bond acceptors (Lipinski definition) is 4. The van der Waals surface area contributed by atoms with Crippen molar-refractivity contribution in [3.8, 4) is 6.07 Å². The fraction of sp³-hybridized carbons (Fsp3) is 0.632. The molecule has 2 rings (SSSR count). The molecular weight excluding hydrogens is 334 g/mol. The summed E-state index contributed by atoms with van der Waals surface area (Å²) in [7, 11) is -3.16. The van der Waals surface area contributed by atoms with Gasteiger partial charge in [-0.3, -0.25) is 4.90 Å². The molecule has 25 heavy (non-hydrogen) atoms. The van der Waals surface area contributed by atoms with E-state index in [1.165, 1.54) is 5.56 Å². The zero-order chi connectivity index (χ0) is 18.4. The van der Waals surface area contributed by atoms with Crippen LogP contribution in [0.3, 0.4) is 0 Å². The molecule has 1 unspecified atom stereocenters. The minimum atomic E-state index is -3.16. The number of nitrogens with zero attached hydrogens (tertiary/aromatic N) is 3. The highest BCUT2D eigenvalue weighted by Gasteiger charge is 2.30. The summed E-state index contributed by atoms with van der Waals surface area (Å²) in [5.41, 5.74) is 2.24. The first-order valence-corrected chi connectivity index (χ1v) is 10.7. The van der Waals surface area contributed by atoms with E-state index in [0.717, 1.165) is 12.0 Å². The molecule has 0 bridgehead atoms. The third-order valence-electron chi connectivity index (χ3n) is 4.83. The summed E-state index contributed by atoms with van der Waals surface area (Å²) < 4.78 is 26.2. The Morgan fingerprint density at radius 1 is 1.08 bits per heavy atom. The van der Waals surface area contributed by atoms with E-state index in [2.05, 4.69) is 36.9 Å². The molecule has 1 fully saturated rings. The SMILES string of the molecule is CCCCS(=O)(=O)N1CCN(C(C#N)c2ccc(C(C)C)cc2)CC1. The second kappa shape index (κ2) is 8.79. The van der Waals surface area contributed by atoms with Gasteiger partial charge in [-0.1, -0.05) is 51.5 Å². The monoisotopic (exact) mass is 363 g/mol. The van der Waals surface area contributed by atoms with E-state index in [9.17, 15) is 13.7 Å². The summed E-state index contributed by atoms with van der Waals surface area (Å²) in [5.74, 6) is 0.688. The molecule has 0 spiro atoms. The average molecular weight is 364 g/mol. The van der Waals surface area contributed by atoms with Crippen LogP contribution in [0.4, 0.5) is 0 Å². The molecule has 1 atom stereocenters. The Bertz CT molecular complexity index is 684. The number of sulfonamides is 1. The fourth-order valence-electron chi connectivity index (χ4n) is 3.13. The van der Waals surface area contributed by atoms with Crippen LogP contribution in [0.5, 0.6) is 0 Å². The van der Waals surface area contributed by atoms with Crippen LogP contribution in [0.15, 0.2) is 24.3 Å². The van der Waals surface area contributed by atoms with Gasteiger partial charge in [-0.2, -0.15) is 9.57 Å². The molecule has 0 radical (unpaired) electrons. The van der Waals surface area contributed by atoms with Gasteiger partial charge in [0, 0.05) is 26.2 Å². The number of piperazine rings is 1. The highest BCUT2D eigenvalue weighted by molar-refractivity contribution is 7.89. The largest absolute Gasteiger partial charge is 0.282 e. The maximum absolute atomic E-state index is 12.3. The van der Waals surface area contributed by atoms with Crippen LogP contribution in [0.2, 0.25) is 0 Å².